The van der Waals surface area contributed by atoms with Crippen LogP contribution in [0.1, 0.15) is 19.3 Å². The van der Waals surface area contributed by atoms with Gasteiger partial charge in [0.1, 0.15) is 0 Å². The third-order valence-electron chi connectivity index (χ3n) is 3.47. The monoisotopic (exact) mass is 282 g/mol. The van der Waals surface area contributed by atoms with Crippen LogP contribution in [-0.2, 0) is 4.79 Å². The first-order chi connectivity index (χ1) is 9.47. The standard InChI is InChI=1S/C13H15FN2O4/c14-11-7-10(16(19)20)3-4-12(11)15-5-1-2-9(8-15)6-13(17)18/h3-4,7,9H,1-2,5-6,8H2,(H,17,18). The van der Waals surface area contributed by atoms with E-state index in [4.69, 9.17) is 5.11 Å². The minimum Gasteiger partial charge on any atom is -0.481 e. The number of rotatable bonds is 4. The molecule has 2 rings (SSSR count). The van der Waals surface area contributed by atoms with Crippen molar-refractivity contribution in [3.05, 3.63) is 34.1 Å². The molecule has 1 aliphatic heterocycles. The number of hydrogen-bond acceptors (Lipinski definition) is 4. The number of non-ortho nitro benzene ring substituents is 1. The molecular weight excluding hydrogens is 267 g/mol. The number of anilines is 1. The molecule has 1 aromatic rings. The molecule has 0 bridgehead atoms. The molecule has 7 heteroatoms. The third kappa shape index (κ3) is 3.23. The average Bonchev–Trinajstić information content (AvgIpc) is 2.38. The molecule has 1 atom stereocenters. The first-order valence-electron chi connectivity index (χ1n) is 6.38. The van der Waals surface area contributed by atoms with Crippen molar-refractivity contribution in [2.75, 3.05) is 18.0 Å². The van der Waals surface area contributed by atoms with Gasteiger partial charge in [0.15, 0.2) is 5.82 Å². The van der Waals surface area contributed by atoms with Crippen LogP contribution in [0.3, 0.4) is 0 Å². The van der Waals surface area contributed by atoms with Gasteiger partial charge in [0.25, 0.3) is 5.69 Å². The average molecular weight is 282 g/mol. The molecule has 0 amide bonds. The zero-order valence-corrected chi connectivity index (χ0v) is 10.8. The number of carboxylic acids is 1. The van der Waals surface area contributed by atoms with E-state index in [2.05, 4.69) is 0 Å². The SMILES string of the molecule is O=C(O)CC1CCCN(c2ccc([N+](=O)[O-])cc2F)C1. The molecule has 1 unspecified atom stereocenters. The molecule has 1 saturated heterocycles. The van der Waals surface area contributed by atoms with Crippen LogP contribution in [0.25, 0.3) is 0 Å². The normalized spacial score (nSPS) is 18.9. The van der Waals surface area contributed by atoms with Gasteiger partial charge in [-0.3, -0.25) is 14.9 Å². The smallest absolute Gasteiger partial charge is 0.303 e. The van der Waals surface area contributed by atoms with Crippen LogP contribution in [0.5, 0.6) is 0 Å². The predicted molar refractivity (Wildman–Crippen MR) is 70.2 cm³/mol. The van der Waals surface area contributed by atoms with Crippen molar-refractivity contribution in [3.8, 4) is 0 Å². The highest BCUT2D eigenvalue weighted by atomic mass is 19.1. The van der Waals surface area contributed by atoms with Gasteiger partial charge >= 0.3 is 5.97 Å². The van der Waals surface area contributed by atoms with Gasteiger partial charge in [0, 0.05) is 25.6 Å². The fourth-order valence-corrected chi connectivity index (χ4v) is 2.56. The Kier molecular flexibility index (Phi) is 4.16. The lowest BCUT2D eigenvalue weighted by atomic mass is 9.94. The third-order valence-corrected chi connectivity index (χ3v) is 3.47. The van der Waals surface area contributed by atoms with E-state index in [0.717, 1.165) is 18.9 Å². The lowest BCUT2D eigenvalue weighted by molar-refractivity contribution is -0.385. The van der Waals surface area contributed by atoms with Crippen molar-refractivity contribution in [2.45, 2.75) is 19.3 Å². The molecule has 108 valence electrons. The highest BCUT2D eigenvalue weighted by molar-refractivity contribution is 5.67. The van der Waals surface area contributed by atoms with E-state index in [0.29, 0.717) is 18.8 Å². The number of nitro benzene ring substituents is 1. The number of benzene rings is 1. The molecule has 0 saturated carbocycles. The van der Waals surface area contributed by atoms with Gasteiger partial charge < -0.3 is 10.0 Å². The highest BCUT2D eigenvalue weighted by Gasteiger charge is 2.24. The van der Waals surface area contributed by atoms with Crippen molar-refractivity contribution in [2.24, 2.45) is 5.92 Å². The van der Waals surface area contributed by atoms with Crippen LogP contribution in [0.2, 0.25) is 0 Å². The van der Waals surface area contributed by atoms with E-state index >= 15 is 0 Å². The second-order valence-corrected chi connectivity index (χ2v) is 4.94. The van der Waals surface area contributed by atoms with Crippen molar-refractivity contribution >= 4 is 17.3 Å². The van der Waals surface area contributed by atoms with Crippen LogP contribution in [0.4, 0.5) is 15.8 Å². The zero-order valence-electron chi connectivity index (χ0n) is 10.8. The first kappa shape index (κ1) is 14.2. The van der Waals surface area contributed by atoms with Crippen molar-refractivity contribution < 1.29 is 19.2 Å². The van der Waals surface area contributed by atoms with E-state index < -0.39 is 16.7 Å². The van der Waals surface area contributed by atoms with Gasteiger partial charge in [-0.05, 0) is 24.8 Å². The molecule has 0 aromatic heterocycles. The summed E-state index contributed by atoms with van der Waals surface area (Å²) >= 11 is 0. The number of nitrogens with zero attached hydrogens (tertiary/aromatic N) is 2. The molecule has 1 heterocycles. The maximum absolute atomic E-state index is 13.9. The molecule has 0 spiro atoms. The number of aliphatic carboxylic acids is 1. The fourth-order valence-electron chi connectivity index (χ4n) is 2.56. The van der Waals surface area contributed by atoms with E-state index in [9.17, 15) is 19.3 Å². The number of halogens is 1. The minimum atomic E-state index is -0.860. The Morgan fingerprint density at radius 2 is 2.30 bits per heavy atom. The molecular formula is C13H15FN2O4. The summed E-state index contributed by atoms with van der Waals surface area (Å²) in [5, 5.41) is 19.4. The van der Waals surface area contributed by atoms with Gasteiger partial charge in [-0.2, -0.15) is 0 Å². The summed E-state index contributed by atoms with van der Waals surface area (Å²) in [6.07, 6.45) is 1.65. The number of piperidine rings is 1. The molecule has 1 N–H and O–H groups in total. The molecule has 1 aromatic carbocycles. The maximum atomic E-state index is 13.9. The lowest BCUT2D eigenvalue weighted by Crippen LogP contribution is -2.36. The van der Waals surface area contributed by atoms with Gasteiger partial charge in [-0.25, -0.2) is 4.39 Å². The Morgan fingerprint density at radius 1 is 1.55 bits per heavy atom. The van der Waals surface area contributed by atoms with Crippen LogP contribution in [0, 0.1) is 21.8 Å². The number of carboxylic acid groups (broad SMARTS) is 1. The fraction of sp³-hybridized carbons (Fsp3) is 0.462. The van der Waals surface area contributed by atoms with Gasteiger partial charge in [-0.15, -0.1) is 0 Å². The molecule has 0 aliphatic carbocycles. The number of nitro groups is 1. The Morgan fingerprint density at radius 3 is 2.90 bits per heavy atom. The van der Waals surface area contributed by atoms with Crippen LogP contribution in [0.15, 0.2) is 18.2 Å². The zero-order chi connectivity index (χ0) is 14.7. The summed E-state index contributed by atoms with van der Waals surface area (Å²) in [7, 11) is 0. The van der Waals surface area contributed by atoms with Crippen LogP contribution < -0.4 is 4.90 Å². The second kappa shape index (κ2) is 5.85. The summed E-state index contributed by atoms with van der Waals surface area (Å²) in [6.45, 7) is 1.09. The first-order valence-corrected chi connectivity index (χ1v) is 6.38. The Bertz CT molecular complexity index is 535. The Labute approximate surface area is 115 Å². The largest absolute Gasteiger partial charge is 0.481 e. The van der Waals surface area contributed by atoms with E-state index in [-0.39, 0.29) is 18.0 Å². The lowest BCUT2D eigenvalue weighted by Gasteiger charge is -2.33. The minimum absolute atomic E-state index is 0.0177. The van der Waals surface area contributed by atoms with Crippen molar-refractivity contribution in [3.63, 3.8) is 0 Å². The maximum Gasteiger partial charge on any atom is 0.303 e. The van der Waals surface area contributed by atoms with Gasteiger partial charge in [-0.1, -0.05) is 0 Å². The van der Waals surface area contributed by atoms with E-state index in [1.807, 2.05) is 0 Å². The summed E-state index contributed by atoms with van der Waals surface area (Å²) in [5.41, 5.74) is 0.0102. The topological polar surface area (TPSA) is 83.7 Å². The summed E-state index contributed by atoms with van der Waals surface area (Å²) in [4.78, 5) is 22.4. The van der Waals surface area contributed by atoms with Crippen LogP contribution in [-0.4, -0.2) is 29.1 Å². The van der Waals surface area contributed by atoms with Crippen molar-refractivity contribution in [1.29, 1.82) is 0 Å². The van der Waals surface area contributed by atoms with E-state index in [1.165, 1.54) is 12.1 Å². The number of hydrogen-bond donors (Lipinski definition) is 1. The summed E-state index contributed by atoms with van der Waals surface area (Å²) in [6, 6.07) is 3.55. The van der Waals surface area contributed by atoms with Gasteiger partial charge in [0.05, 0.1) is 16.7 Å². The molecule has 0 radical (unpaired) electrons. The molecule has 1 aliphatic rings. The second-order valence-electron chi connectivity index (χ2n) is 4.94. The Balaban J connectivity index is 2.14. The Hall–Kier alpha value is -2.18. The molecule has 6 nitrogen and oxygen atoms in total. The molecule has 1 fully saturated rings. The summed E-state index contributed by atoms with van der Waals surface area (Å²) in [5.74, 6) is -1.52. The quantitative estimate of drug-likeness (QED) is 0.677. The number of carbonyl (C=O) groups is 1. The highest BCUT2D eigenvalue weighted by Crippen LogP contribution is 2.29. The van der Waals surface area contributed by atoms with Gasteiger partial charge in [0.2, 0.25) is 0 Å². The predicted octanol–water partition coefficient (Wildman–Crippen LogP) is 2.43. The van der Waals surface area contributed by atoms with E-state index in [1.54, 1.807) is 4.90 Å². The van der Waals surface area contributed by atoms with Crippen molar-refractivity contribution in [1.82, 2.24) is 0 Å². The molecule has 20 heavy (non-hydrogen) atoms. The van der Waals surface area contributed by atoms with Crippen LogP contribution >= 0.6 is 0 Å². The summed E-state index contributed by atoms with van der Waals surface area (Å²) < 4.78 is 13.9.